The maximum absolute atomic E-state index is 6.50. The van der Waals surface area contributed by atoms with Gasteiger partial charge in [-0.05, 0) is 51.7 Å². The minimum Gasteiger partial charge on any atom is -0.412 e. The van der Waals surface area contributed by atoms with Crippen LogP contribution in [-0.4, -0.2) is 13.9 Å². The van der Waals surface area contributed by atoms with Crippen LogP contribution < -0.4 is 0 Å². The summed E-state index contributed by atoms with van der Waals surface area (Å²) in [7, 11) is -1.34. The van der Waals surface area contributed by atoms with Gasteiger partial charge in [-0.2, -0.15) is 0 Å². The van der Waals surface area contributed by atoms with Gasteiger partial charge in [-0.1, -0.05) is 19.8 Å². The number of hydrogen-bond acceptors (Lipinski definition) is 1. The summed E-state index contributed by atoms with van der Waals surface area (Å²) in [6, 6.07) is 0. The van der Waals surface area contributed by atoms with Gasteiger partial charge < -0.3 is 4.43 Å². The molecule has 2 atom stereocenters. The fraction of sp³-hybridized carbons (Fsp3) is 1.00. The van der Waals surface area contributed by atoms with Gasteiger partial charge in [0.2, 0.25) is 0 Å². The van der Waals surface area contributed by atoms with E-state index in [0.29, 0.717) is 11.0 Å². The number of hydrogen-bond donors (Lipinski definition) is 0. The Morgan fingerprint density at radius 1 is 1.20 bits per heavy atom. The molecule has 2 aliphatic carbocycles. The third kappa shape index (κ3) is 2.03. The molecule has 0 aromatic rings. The lowest BCUT2D eigenvalue weighted by atomic mass is 9.96. The molecule has 15 heavy (non-hydrogen) atoms. The van der Waals surface area contributed by atoms with Crippen molar-refractivity contribution in [1.29, 1.82) is 0 Å². The van der Waals surface area contributed by atoms with Crippen LogP contribution >= 0.6 is 0 Å². The van der Waals surface area contributed by atoms with Crippen molar-refractivity contribution in [3.8, 4) is 0 Å². The third-order valence-corrected chi connectivity index (χ3v) is 5.21. The Hall–Kier alpha value is 0.177. The molecule has 0 amide bonds. The van der Waals surface area contributed by atoms with Gasteiger partial charge >= 0.3 is 0 Å². The highest BCUT2D eigenvalue weighted by Gasteiger charge is 2.70. The van der Waals surface area contributed by atoms with E-state index in [-0.39, 0.29) is 0 Å². The van der Waals surface area contributed by atoms with Crippen LogP contribution in [0.4, 0.5) is 0 Å². The van der Waals surface area contributed by atoms with Crippen LogP contribution in [-0.2, 0) is 4.43 Å². The molecule has 0 bridgehead atoms. The van der Waals surface area contributed by atoms with E-state index < -0.39 is 8.32 Å². The average Bonchev–Trinajstić information content (AvgIpc) is 2.56. The van der Waals surface area contributed by atoms with Crippen LogP contribution in [0.2, 0.25) is 19.6 Å². The molecular formula is C13H26OSi. The minimum atomic E-state index is -1.34. The molecule has 2 rings (SSSR count). The first-order valence-electron chi connectivity index (χ1n) is 6.63. The lowest BCUT2D eigenvalue weighted by Gasteiger charge is -2.27. The minimum absolute atomic E-state index is 0.354. The van der Waals surface area contributed by atoms with Crippen LogP contribution in [0.1, 0.15) is 51.9 Å². The number of rotatable bonds is 5. The lowest BCUT2D eigenvalue weighted by molar-refractivity contribution is 0.133. The molecule has 0 aliphatic heterocycles. The Morgan fingerprint density at radius 3 is 2.53 bits per heavy atom. The van der Waals surface area contributed by atoms with Crippen molar-refractivity contribution in [3.05, 3.63) is 0 Å². The molecular weight excluding hydrogens is 200 g/mol. The van der Waals surface area contributed by atoms with Crippen LogP contribution in [0, 0.1) is 5.41 Å². The summed E-state index contributed by atoms with van der Waals surface area (Å²) >= 11 is 0. The number of unbranched alkanes of at least 4 members (excludes halogenated alkanes) is 1. The molecule has 1 nitrogen and oxygen atoms in total. The second kappa shape index (κ2) is 3.59. The Bertz CT molecular complexity index is 245. The van der Waals surface area contributed by atoms with Crippen LogP contribution in [0.15, 0.2) is 0 Å². The predicted octanol–water partition coefficient (Wildman–Crippen LogP) is 4.34. The second-order valence-electron chi connectivity index (χ2n) is 6.62. The number of fused-ring (bicyclic) bond motifs is 1. The van der Waals surface area contributed by atoms with Crippen LogP contribution in [0.25, 0.3) is 0 Å². The Morgan fingerprint density at radius 2 is 1.93 bits per heavy atom. The van der Waals surface area contributed by atoms with E-state index >= 15 is 0 Å². The molecule has 0 N–H and O–H groups in total. The summed E-state index contributed by atoms with van der Waals surface area (Å²) in [4.78, 5) is 0. The van der Waals surface area contributed by atoms with E-state index in [1.165, 1.54) is 44.9 Å². The summed E-state index contributed by atoms with van der Waals surface area (Å²) in [6.07, 6.45) is 9.74. The van der Waals surface area contributed by atoms with Gasteiger partial charge in [0, 0.05) is 5.41 Å². The van der Waals surface area contributed by atoms with E-state index in [1.807, 2.05) is 0 Å². The molecule has 0 spiro atoms. The first-order valence-corrected chi connectivity index (χ1v) is 10.0. The quantitative estimate of drug-likeness (QED) is 0.634. The summed E-state index contributed by atoms with van der Waals surface area (Å²) < 4.78 is 6.50. The smallest absolute Gasteiger partial charge is 0.184 e. The zero-order valence-corrected chi connectivity index (χ0v) is 11.9. The van der Waals surface area contributed by atoms with E-state index in [4.69, 9.17) is 4.43 Å². The van der Waals surface area contributed by atoms with Crippen LogP contribution in [0.5, 0.6) is 0 Å². The van der Waals surface area contributed by atoms with Crippen LogP contribution in [0.3, 0.4) is 0 Å². The summed E-state index contributed by atoms with van der Waals surface area (Å²) in [5.41, 5.74) is 0.982. The van der Waals surface area contributed by atoms with E-state index in [1.54, 1.807) is 0 Å². The van der Waals surface area contributed by atoms with E-state index in [9.17, 15) is 0 Å². The van der Waals surface area contributed by atoms with Crippen molar-refractivity contribution in [2.24, 2.45) is 5.41 Å². The van der Waals surface area contributed by atoms with Gasteiger partial charge in [0.15, 0.2) is 8.32 Å². The molecule has 0 saturated heterocycles. The highest BCUT2D eigenvalue weighted by Crippen LogP contribution is 2.71. The fourth-order valence-corrected chi connectivity index (χ4v) is 5.19. The van der Waals surface area contributed by atoms with Gasteiger partial charge in [-0.15, -0.1) is 0 Å². The van der Waals surface area contributed by atoms with Crippen molar-refractivity contribution < 1.29 is 4.43 Å². The largest absolute Gasteiger partial charge is 0.412 e. The molecule has 0 aromatic carbocycles. The van der Waals surface area contributed by atoms with E-state index in [0.717, 1.165) is 0 Å². The van der Waals surface area contributed by atoms with Gasteiger partial charge in [-0.3, -0.25) is 0 Å². The van der Waals surface area contributed by atoms with Gasteiger partial charge in [0.1, 0.15) is 0 Å². The van der Waals surface area contributed by atoms with Gasteiger partial charge in [-0.25, -0.2) is 0 Å². The van der Waals surface area contributed by atoms with Crippen molar-refractivity contribution in [2.75, 3.05) is 0 Å². The standard InChI is InChI=1S/C13H26OSi/c1-5-6-8-12-9-7-10-13(12,11-12)14-15(2,3)4/h5-11H2,1-4H3/t12-,13-/m0/s1. The summed E-state index contributed by atoms with van der Waals surface area (Å²) in [5, 5.41) is 0. The van der Waals surface area contributed by atoms with Crippen molar-refractivity contribution in [3.63, 3.8) is 0 Å². The first kappa shape index (κ1) is 11.7. The molecule has 2 heteroatoms. The summed E-state index contributed by atoms with van der Waals surface area (Å²) in [6.45, 7) is 9.31. The molecule has 0 unspecified atom stereocenters. The normalized spacial score (nSPS) is 39.2. The molecule has 2 fully saturated rings. The molecule has 2 aliphatic rings. The van der Waals surface area contributed by atoms with Gasteiger partial charge in [0.25, 0.3) is 0 Å². The second-order valence-corrected chi connectivity index (χ2v) is 11.1. The maximum atomic E-state index is 6.50. The monoisotopic (exact) mass is 226 g/mol. The van der Waals surface area contributed by atoms with Crippen molar-refractivity contribution >= 4 is 8.32 Å². The lowest BCUT2D eigenvalue weighted by Crippen LogP contribution is -2.35. The van der Waals surface area contributed by atoms with E-state index in [2.05, 4.69) is 26.6 Å². The highest BCUT2D eigenvalue weighted by molar-refractivity contribution is 6.69. The molecule has 0 heterocycles. The van der Waals surface area contributed by atoms with Crippen molar-refractivity contribution in [2.45, 2.75) is 77.1 Å². The highest BCUT2D eigenvalue weighted by atomic mass is 28.4. The zero-order chi connectivity index (χ0) is 11.2. The van der Waals surface area contributed by atoms with Gasteiger partial charge in [0.05, 0.1) is 5.60 Å². The van der Waals surface area contributed by atoms with Crippen molar-refractivity contribution in [1.82, 2.24) is 0 Å². The molecule has 88 valence electrons. The Kier molecular flexibility index (Phi) is 2.79. The predicted molar refractivity (Wildman–Crippen MR) is 67.6 cm³/mol. The average molecular weight is 226 g/mol. The maximum Gasteiger partial charge on any atom is 0.184 e. The Labute approximate surface area is 95.7 Å². The third-order valence-electron chi connectivity index (χ3n) is 4.21. The first-order chi connectivity index (χ1) is 6.93. The molecule has 2 saturated carbocycles. The zero-order valence-electron chi connectivity index (χ0n) is 10.9. The molecule has 0 radical (unpaired) electrons. The fourth-order valence-electron chi connectivity index (χ4n) is 3.62. The SMILES string of the molecule is CCCC[C@@]12CCC[C@]1(O[Si](C)(C)C)C2. The topological polar surface area (TPSA) is 9.23 Å². The Balaban J connectivity index is 1.99. The summed E-state index contributed by atoms with van der Waals surface area (Å²) in [5.74, 6) is 0. The molecule has 0 aromatic heterocycles.